The highest BCUT2D eigenvalue weighted by atomic mass is 16.7. The first-order valence-electron chi connectivity index (χ1n) is 8.91. The molecule has 0 bridgehead atoms. The summed E-state index contributed by atoms with van der Waals surface area (Å²) < 4.78 is 5.22. The van der Waals surface area contributed by atoms with Gasteiger partial charge in [-0.2, -0.15) is 5.06 Å². The Morgan fingerprint density at radius 2 is 1.77 bits per heavy atom. The Balaban J connectivity index is 2.10. The van der Waals surface area contributed by atoms with Crippen LogP contribution in [0.15, 0.2) is 67.3 Å². The van der Waals surface area contributed by atoms with Gasteiger partial charge in [-0.25, -0.2) is 9.59 Å². The normalized spacial score (nSPS) is 11.1. The Morgan fingerprint density at radius 1 is 1.13 bits per heavy atom. The third-order valence-corrected chi connectivity index (χ3v) is 3.97. The number of benzene rings is 2. The van der Waals surface area contributed by atoms with Crippen LogP contribution < -0.4 is 0 Å². The second kappa shape index (κ2) is 10.5. The summed E-state index contributed by atoms with van der Waals surface area (Å²) in [5.74, 6) is -2.29. The number of hydroxylamine groups is 2. The summed E-state index contributed by atoms with van der Waals surface area (Å²) >= 11 is 0. The van der Waals surface area contributed by atoms with E-state index in [0.29, 0.717) is 10.6 Å². The lowest BCUT2D eigenvalue weighted by Crippen LogP contribution is -2.45. The molecule has 1 unspecified atom stereocenters. The number of esters is 1. The number of hydrogen-bond donors (Lipinski definition) is 0. The molecular formula is C21H20N2O7. The summed E-state index contributed by atoms with van der Waals surface area (Å²) in [6.45, 7) is 4.53. The predicted octanol–water partition coefficient (Wildman–Crippen LogP) is 3.20. The highest BCUT2D eigenvalue weighted by Crippen LogP contribution is 2.15. The third kappa shape index (κ3) is 5.99. The van der Waals surface area contributed by atoms with Gasteiger partial charge in [0.1, 0.15) is 6.61 Å². The molecule has 0 spiro atoms. The lowest BCUT2D eigenvalue weighted by atomic mass is 10.2. The van der Waals surface area contributed by atoms with Gasteiger partial charge in [0.15, 0.2) is 6.04 Å². The van der Waals surface area contributed by atoms with Crippen LogP contribution in [-0.4, -0.2) is 33.9 Å². The first-order chi connectivity index (χ1) is 14.3. The van der Waals surface area contributed by atoms with E-state index in [2.05, 4.69) is 6.58 Å². The molecule has 0 N–H and O–H groups in total. The molecule has 30 heavy (non-hydrogen) atoms. The van der Waals surface area contributed by atoms with Crippen LogP contribution in [0.25, 0.3) is 0 Å². The quantitative estimate of drug-likeness (QED) is 0.283. The van der Waals surface area contributed by atoms with Crippen molar-refractivity contribution < 1.29 is 28.9 Å². The minimum absolute atomic E-state index is 0.0132. The number of carbonyl (C=O) groups is 3. The van der Waals surface area contributed by atoms with Crippen molar-refractivity contribution in [2.75, 3.05) is 0 Å². The van der Waals surface area contributed by atoms with Gasteiger partial charge in [0.25, 0.3) is 11.6 Å². The minimum atomic E-state index is -1.23. The molecule has 0 aliphatic heterocycles. The molecule has 0 radical (unpaired) electrons. The van der Waals surface area contributed by atoms with Crippen molar-refractivity contribution in [3.63, 3.8) is 0 Å². The van der Waals surface area contributed by atoms with Crippen LogP contribution in [0.2, 0.25) is 0 Å². The van der Waals surface area contributed by atoms with Crippen molar-refractivity contribution in [1.82, 2.24) is 5.06 Å². The Labute approximate surface area is 172 Å². The van der Waals surface area contributed by atoms with Crippen LogP contribution in [0.4, 0.5) is 5.69 Å². The largest absolute Gasteiger partial charge is 0.459 e. The predicted molar refractivity (Wildman–Crippen MR) is 106 cm³/mol. The number of non-ortho nitro benzene ring substituents is 1. The molecule has 0 aliphatic carbocycles. The maximum atomic E-state index is 12.6. The summed E-state index contributed by atoms with van der Waals surface area (Å²) in [4.78, 5) is 52.3. The fraction of sp³-hybridized carbons (Fsp3) is 0.190. The fourth-order valence-electron chi connectivity index (χ4n) is 2.47. The van der Waals surface area contributed by atoms with E-state index in [9.17, 15) is 24.5 Å². The number of nitro benzene ring substituents is 1. The van der Waals surface area contributed by atoms with Crippen LogP contribution in [0.5, 0.6) is 0 Å². The third-order valence-electron chi connectivity index (χ3n) is 3.97. The maximum Gasteiger partial charge on any atom is 0.363 e. The number of nitrogens with zero attached hydrogens (tertiary/aromatic N) is 2. The van der Waals surface area contributed by atoms with Gasteiger partial charge >= 0.3 is 11.9 Å². The van der Waals surface area contributed by atoms with Gasteiger partial charge in [-0.1, -0.05) is 24.3 Å². The van der Waals surface area contributed by atoms with Gasteiger partial charge in [0.05, 0.1) is 10.5 Å². The number of ether oxygens (including phenoxy) is 1. The highest BCUT2D eigenvalue weighted by Gasteiger charge is 2.32. The molecule has 1 amide bonds. The van der Waals surface area contributed by atoms with Gasteiger partial charge in [-0.3, -0.25) is 14.9 Å². The molecule has 0 saturated carbocycles. The Kier molecular flexibility index (Phi) is 7.81. The average molecular weight is 412 g/mol. The standard InChI is InChI=1S/C21H20N2O7/c1-3-7-19(21(26)29-14-16-10-12-18(13-11-16)23(27)28)22(15(2)24)30-20(25)17-8-5-4-6-9-17/h3-6,8-13,19H,1,7,14H2,2H3. The number of nitro groups is 1. The van der Waals surface area contributed by atoms with Gasteiger partial charge in [0, 0.05) is 19.1 Å². The zero-order valence-electron chi connectivity index (χ0n) is 16.2. The van der Waals surface area contributed by atoms with Crippen molar-refractivity contribution in [1.29, 1.82) is 0 Å². The molecule has 2 aromatic carbocycles. The smallest absolute Gasteiger partial charge is 0.363 e. The SMILES string of the molecule is C=CCC(C(=O)OCc1ccc([N+](=O)[O-])cc1)N(OC(=O)c1ccccc1)C(C)=O. The van der Waals surface area contributed by atoms with E-state index in [0.717, 1.165) is 6.92 Å². The van der Waals surface area contributed by atoms with E-state index in [1.54, 1.807) is 18.2 Å². The van der Waals surface area contributed by atoms with Gasteiger partial charge in [0.2, 0.25) is 0 Å². The average Bonchev–Trinajstić information content (AvgIpc) is 2.75. The first-order valence-corrected chi connectivity index (χ1v) is 8.91. The highest BCUT2D eigenvalue weighted by molar-refractivity contribution is 5.91. The molecular weight excluding hydrogens is 392 g/mol. The summed E-state index contributed by atoms with van der Waals surface area (Å²) in [6, 6.07) is 12.2. The van der Waals surface area contributed by atoms with Crippen molar-refractivity contribution in [2.45, 2.75) is 26.0 Å². The first kappa shape index (κ1) is 22.3. The van der Waals surface area contributed by atoms with Gasteiger partial charge < -0.3 is 9.57 Å². The van der Waals surface area contributed by atoms with Crippen LogP contribution in [0.3, 0.4) is 0 Å². The molecule has 9 heteroatoms. The molecule has 2 aromatic rings. The summed E-state index contributed by atoms with van der Waals surface area (Å²) in [5, 5.41) is 11.4. The van der Waals surface area contributed by atoms with E-state index in [1.165, 1.54) is 42.5 Å². The molecule has 9 nitrogen and oxygen atoms in total. The molecule has 0 fully saturated rings. The van der Waals surface area contributed by atoms with Crippen molar-refractivity contribution in [3.8, 4) is 0 Å². The molecule has 0 heterocycles. The van der Waals surface area contributed by atoms with E-state index in [1.807, 2.05) is 0 Å². The Hall–Kier alpha value is -4.01. The molecule has 2 rings (SSSR count). The van der Waals surface area contributed by atoms with Crippen LogP contribution in [-0.2, 0) is 25.8 Å². The topological polar surface area (TPSA) is 116 Å². The lowest BCUT2D eigenvalue weighted by molar-refractivity contribution is -0.384. The molecule has 0 saturated heterocycles. The maximum absolute atomic E-state index is 12.6. The van der Waals surface area contributed by atoms with E-state index < -0.39 is 28.8 Å². The van der Waals surface area contributed by atoms with E-state index in [-0.39, 0.29) is 24.3 Å². The minimum Gasteiger partial charge on any atom is -0.459 e. The monoisotopic (exact) mass is 412 g/mol. The zero-order chi connectivity index (χ0) is 22.1. The summed E-state index contributed by atoms with van der Waals surface area (Å²) in [6.07, 6.45) is 1.38. The second-order valence-electron chi connectivity index (χ2n) is 6.16. The molecule has 0 aromatic heterocycles. The summed E-state index contributed by atoms with van der Waals surface area (Å²) in [5.41, 5.74) is 0.632. The van der Waals surface area contributed by atoms with E-state index in [4.69, 9.17) is 9.57 Å². The molecule has 0 aliphatic rings. The number of carbonyl (C=O) groups excluding carboxylic acids is 3. The zero-order valence-corrected chi connectivity index (χ0v) is 16.2. The van der Waals surface area contributed by atoms with E-state index >= 15 is 0 Å². The van der Waals surface area contributed by atoms with Crippen LogP contribution >= 0.6 is 0 Å². The second-order valence-corrected chi connectivity index (χ2v) is 6.16. The molecule has 156 valence electrons. The van der Waals surface area contributed by atoms with Gasteiger partial charge in [-0.05, 0) is 36.2 Å². The van der Waals surface area contributed by atoms with Gasteiger partial charge in [-0.15, -0.1) is 6.58 Å². The van der Waals surface area contributed by atoms with Crippen LogP contribution in [0.1, 0.15) is 29.3 Å². The summed E-state index contributed by atoms with van der Waals surface area (Å²) in [7, 11) is 0. The lowest BCUT2D eigenvalue weighted by Gasteiger charge is -2.26. The number of amides is 1. The Bertz CT molecular complexity index is 926. The van der Waals surface area contributed by atoms with Crippen LogP contribution in [0, 0.1) is 10.1 Å². The number of rotatable bonds is 8. The number of hydrogen-bond acceptors (Lipinski definition) is 7. The Morgan fingerprint density at radius 3 is 2.30 bits per heavy atom. The van der Waals surface area contributed by atoms with Crippen molar-refractivity contribution >= 4 is 23.5 Å². The fourth-order valence-corrected chi connectivity index (χ4v) is 2.47. The van der Waals surface area contributed by atoms with Crippen molar-refractivity contribution in [3.05, 3.63) is 88.5 Å². The molecule has 1 atom stereocenters. The van der Waals surface area contributed by atoms with Crippen molar-refractivity contribution in [2.24, 2.45) is 0 Å².